The lowest BCUT2D eigenvalue weighted by Crippen LogP contribution is -2.32. The zero-order valence-electron chi connectivity index (χ0n) is 25.7. The van der Waals surface area contributed by atoms with Crippen LogP contribution in [0.15, 0.2) is 78.8 Å². The number of carbonyl (C=O) groups is 1. The van der Waals surface area contributed by atoms with Crippen LogP contribution in [0.2, 0.25) is 0 Å². The number of benzene rings is 2. The Morgan fingerprint density at radius 1 is 1.00 bits per heavy atom. The third kappa shape index (κ3) is 9.85. The summed E-state index contributed by atoms with van der Waals surface area (Å²) in [4.78, 5) is 16.2. The highest BCUT2D eigenvalue weighted by Crippen LogP contribution is 2.24. The summed E-state index contributed by atoms with van der Waals surface area (Å²) >= 11 is 0. The molecule has 2 aromatic carbocycles. The average Bonchev–Trinajstić information content (AvgIpc) is 3.48. The first-order valence-electron chi connectivity index (χ1n) is 14.6. The van der Waals surface area contributed by atoms with Gasteiger partial charge in [0.05, 0.1) is 6.54 Å². The van der Waals surface area contributed by atoms with E-state index in [0.717, 1.165) is 56.1 Å². The second-order valence-corrected chi connectivity index (χ2v) is 11.2. The molecule has 4 rings (SSSR count). The van der Waals surface area contributed by atoms with Crippen molar-refractivity contribution in [1.29, 1.82) is 0 Å². The van der Waals surface area contributed by atoms with Gasteiger partial charge in [-0.1, -0.05) is 102 Å². The van der Waals surface area contributed by atoms with Gasteiger partial charge in [0, 0.05) is 38.0 Å². The second-order valence-electron chi connectivity index (χ2n) is 11.2. The van der Waals surface area contributed by atoms with Crippen molar-refractivity contribution < 1.29 is 4.79 Å². The van der Waals surface area contributed by atoms with E-state index in [9.17, 15) is 4.79 Å². The minimum atomic E-state index is 0.186. The highest BCUT2D eigenvalue weighted by Gasteiger charge is 2.21. The second kappa shape index (κ2) is 15.5. The van der Waals surface area contributed by atoms with E-state index in [1.54, 1.807) is 6.08 Å². The van der Waals surface area contributed by atoms with Crippen molar-refractivity contribution in [2.75, 3.05) is 19.6 Å². The van der Waals surface area contributed by atoms with Gasteiger partial charge in [0.15, 0.2) is 5.78 Å². The Bertz CT molecular complexity index is 1110. The lowest BCUT2D eigenvalue weighted by molar-refractivity contribution is -0.114. The molecule has 0 bridgehead atoms. The van der Waals surface area contributed by atoms with Gasteiger partial charge in [-0.3, -0.25) is 9.69 Å². The number of rotatable bonds is 8. The maximum atomic E-state index is 11.6. The van der Waals surface area contributed by atoms with Crippen LogP contribution < -0.4 is 5.32 Å². The fourth-order valence-electron chi connectivity index (χ4n) is 4.72. The smallest absolute Gasteiger partial charge is 0.177 e. The Morgan fingerprint density at radius 3 is 2.05 bits per heavy atom. The highest BCUT2D eigenvalue weighted by molar-refractivity contribution is 5.94. The van der Waals surface area contributed by atoms with Crippen LogP contribution in [0.1, 0.15) is 90.5 Å². The molecule has 0 saturated carbocycles. The van der Waals surface area contributed by atoms with Crippen molar-refractivity contribution in [3.63, 3.8) is 0 Å². The topological polar surface area (TPSA) is 35.6 Å². The standard InChI is InChI=1S/C20H27N3O.C13H18.C2H6/c1-3-7-20(23-15-19(24)12-16(23)2)21-10-6-11-22-13-17-8-4-5-9-18(17)14-22;1-10(2)11-6-8-12(9-7-11)13(3,4)5;1-2/h4-5,7-9,12,21H,3,6,10-11,13-15H2,1-2H3;6-9H,1H2,2-5H3;1-2H3/b20-7+;;. The number of fused-ring (bicyclic) bond motifs is 1. The molecule has 212 valence electrons. The lowest BCUT2D eigenvalue weighted by Gasteiger charge is -2.24. The molecule has 39 heavy (non-hydrogen) atoms. The third-order valence-electron chi connectivity index (χ3n) is 6.91. The minimum absolute atomic E-state index is 0.186. The normalized spacial score (nSPS) is 15.1. The molecule has 0 radical (unpaired) electrons. The largest absolute Gasteiger partial charge is 0.372 e. The molecule has 0 atom stereocenters. The molecule has 2 aliphatic heterocycles. The molecule has 0 aliphatic carbocycles. The summed E-state index contributed by atoms with van der Waals surface area (Å²) in [6, 6.07) is 17.4. The average molecular weight is 530 g/mol. The summed E-state index contributed by atoms with van der Waals surface area (Å²) in [5.74, 6) is 1.26. The molecule has 0 amide bonds. The van der Waals surface area contributed by atoms with E-state index in [1.165, 1.54) is 22.3 Å². The van der Waals surface area contributed by atoms with E-state index in [4.69, 9.17) is 0 Å². The van der Waals surface area contributed by atoms with Crippen LogP contribution in [0.3, 0.4) is 0 Å². The number of allylic oxidation sites excluding steroid dienone is 3. The highest BCUT2D eigenvalue weighted by atomic mass is 16.1. The number of ketones is 1. The lowest BCUT2D eigenvalue weighted by atomic mass is 9.86. The molecule has 2 aromatic rings. The van der Waals surface area contributed by atoms with Crippen LogP contribution >= 0.6 is 0 Å². The third-order valence-corrected chi connectivity index (χ3v) is 6.91. The zero-order chi connectivity index (χ0) is 29.0. The Hall–Kier alpha value is -3.11. The van der Waals surface area contributed by atoms with Crippen LogP contribution in [0, 0.1) is 0 Å². The predicted octanol–water partition coefficient (Wildman–Crippen LogP) is 8.07. The van der Waals surface area contributed by atoms with Crippen LogP contribution in [0.4, 0.5) is 0 Å². The van der Waals surface area contributed by atoms with Gasteiger partial charge in [-0.2, -0.15) is 0 Å². The molecule has 4 nitrogen and oxygen atoms in total. The Balaban J connectivity index is 0.000000301. The maximum absolute atomic E-state index is 11.6. The van der Waals surface area contributed by atoms with Crippen molar-refractivity contribution in [3.05, 3.63) is 101 Å². The molecule has 4 heteroatoms. The monoisotopic (exact) mass is 529 g/mol. The van der Waals surface area contributed by atoms with Gasteiger partial charge >= 0.3 is 0 Å². The van der Waals surface area contributed by atoms with Gasteiger partial charge in [-0.05, 0) is 60.4 Å². The summed E-state index contributed by atoms with van der Waals surface area (Å²) in [7, 11) is 0. The van der Waals surface area contributed by atoms with Gasteiger partial charge < -0.3 is 10.2 Å². The first-order chi connectivity index (χ1) is 18.6. The summed E-state index contributed by atoms with van der Waals surface area (Å²) in [5, 5.41) is 3.53. The molecule has 0 fully saturated rings. The summed E-state index contributed by atoms with van der Waals surface area (Å²) < 4.78 is 0. The van der Waals surface area contributed by atoms with Crippen molar-refractivity contribution in [1.82, 2.24) is 15.1 Å². The summed E-state index contributed by atoms with van der Waals surface area (Å²) in [6.07, 6.45) is 5.95. The van der Waals surface area contributed by atoms with Gasteiger partial charge in [-0.25, -0.2) is 0 Å². The molecule has 1 N–H and O–H groups in total. The van der Waals surface area contributed by atoms with Gasteiger partial charge in [0.25, 0.3) is 0 Å². The Labute approximate surface area is 238 Å². The van der Waals surface area contributed by atoms with Crippen LogP contribution in [-0.4, -0.2) is 35.2 Å². The Kier molecular flexibility index (Phi) is 12.7. The number of nitrogens with zero attached hydrogens (tertiary/aromatic N) is 2. The minimum Gasteiger partial charge on any atom is -0.372 e. The van der Waals surface area contributed by atoms with E-state index in [-0.39, 0.29) is 11.2 Å². The first kappa shape index (κ1) is 32.1. The van der Waals surface area contributed by atoms with Crippen LogP contribution in [0.5, 0.6) is 0 Å². The van der Waals surface area contributed by atoms with E-state index in [2.05, 4.69) is 104 Å². The fraction of sp³-hybridized carbons (Fsp3) is 0.457. The van der Waals surface area contributed by atoms with E-state index < -0.39 is 0 Å². The van der Waals surface area contributed by atoms with Crippen molar-refractivity contribution >= 4 is 11.4 Å². The molecular formula is C35H51N3O. The summed E-state index contributed by atoms with van der Waals surface area (Å²) in [5.41, 5.74) is 7.93. The maximum Gasteiger partial charge on any atom is 0.177 e. The molecular weight excluding hydrogens is 478 g/mol. The number of hydrogen-bond acceptors (Lipinski definition) is 4. The van der Waals surface area contributed by atoms with Gasteiger partial charge in [0.1, 0.15) is 5.82 Å². The molecule has 0 saturated heterocycles. The van der Waals surface area contributed by atoms with Gasteiger partial charge in [0.2, 0.25) is 0 Å². The molecule has 0 spiro atoms. The van der Waals surface area contributed by atoms with Crippen molar-refractivity contribution in [3.8, 4) is 0 Å². The van der Waals surface area contributed by atoms with Crippen LogP contribution in [-0.2, 0) is 23.3 Å². The van der Waals surface area contributed by atoms with Crippen LogP contribution in [0.25, 0.3) is 5.57 Å². The number of carbonyl (C=O) groups excluding carboxylic acids is 1. The first-order valence-corrected chi connectivity index (χ1v) is 14.6. The predicted molar refractivity (Wildman–Crippen MR) is 168 cm³/mol. The molecule has 2 aliphatic rings. The number of hydrogen-bond donors (Lipinski definition) is 1. The molecule has 0 aromatic heterocycles. The van der Waals surface area contributed by atoms with Crippen molar-refractivity contribution in [2.45, 2.75) is 86.7 Å². The summed E-state index contributed by atoms with van der Waals surface area (Å²) in [6.45, 7) is 25.4. The number of nitrogens with one attached hydrogen (secondary N) is 1. The molecule has 0 unspecified atom stereocenters. The SMILES string of the molecule is C=C(C)c1ccc(C(C)(C)C)cc1.CC.CC/C=C(\NCCCN1Cc2ccccc2C1)N1CC(=O)C=C1C. The van der Waals surface area contributed by atoms with Gasteiger partial charge in [-0.15, -0.1) is 0 Å². The quantitative estimate of drug-likeness (QED) is 0.351. The zero-order valence-corrected chi connectivity index (χ0v) is 25.7. The van der Waals surface area contributed by atoms with Crippen molar-refractivity contribution in [2.24, 2.45) is 0 Å². The van der Waals surface area contributed by atoms with E-state index in [0.29, 0.717) is 6.54 Å². The Morgan fingerprint density at radius 2 is 1.59 bits per heavy atom. The fourth-order valence-corrected chi connectivity index (χ4v) is 4.72. The molecule has 2 heterocycles. The van der Waals surface area contributed by atoms with E-state index >= 15 is 0 Å². The van der Waals surface area contributed by atoms with E-state index in [1.807, 2.05) is 27.7 Å².